The van der Waals surface area contributed by atoms with Crippen LogP contribution in [0.4, 0.5) is 17.1 Å². The maximum atomic E-state index is 6.59. The third-order valence-electron chi connectivity index (χ3n) is 13.6. The second kappa shape index (κ2) is 13.2. The number of anilines is 3. The van der Waals surface area contributed by atoms with Crippen LogP contribution in [0.25, 0.3) is 44.2 Å². The van der Waals surface area contributed by atoms with Crippen LogP contribution >= 0.6 is 0 Å². The minimum atomic E-state index is -0.551. The van der Waals surface area contributed by atoms with Crippen molar-refractivity contribution in [2.45, 2.75) is 56.8 Å². The van der Waals surface area contributed by atoms with Crippen molar-refractivity contribution in [3.8, 4) is 22.3 Å². The van der Waals surface area contributed by atoms with Gasteiger partial charge in [-0.3, -0.25) is 0 Å². The molecule has 0 aliphatic heterocycles. The molecular weight excluding hydrogens is 715 g/mol. The van der Waals surface area contributed by atoms with Crippen molar-refractivity contribution in [3.05, 3.63) is 221 Å². The molecule has 2 aliphatic carbocycles. The van der Waals surface area contributed by atoms with Crippen molar-refractivity contribution in [1.29, 1.82) is 0 Å². The van der Waals surface area contributed by atoms with Gasteiger partial charge in [0.05, 0.1) is 11.1 Å². The highest BCUT2D eigenvalue weighted by atomic mass is 16.3. The minimum Gasteiger partial charge on any atom is -0.456 e. The Labute approximate surface area is 347 Å². The van der Waals surface area contributed by atoms with E-state index >= 15 is 0 Å². The number of hydrogen-bond acceptors (Lipinski definition) is 2. The Hall–Kier alpha value is -6.64. The predicted octanol–water partition coefficient (Wildman–Crippen LogP) is 15.4. The fourth-order valence-corrected chi connectivity index (χ4v) is 10.7. The van der Waals surface area contributed by atoms with Crippen molar-refractivity contribution in [3.63, 3.8) is 0 Å². The number of fused-ring (bicyclic) bond motifs is 7. The molecule has 0 N–H and O–H groups in total. The van der Waals surface area contributed by atoms with E-state index in [-0.39, 0.29) is 10.8 Å². The highest BCUT2D eigenvalue weighted by Gasteiger charge is 2.47. The van der Waals surface area contributed by atoms with Crippen molar-refractivity contribution in [2.75, 3.05) is 4.90 Å². The molecule has 1 heterocycles. The summed E-state index contributed by atoms with van der Waals surface area (Å²) in [4.78, 5) is 2.48. The number of hydrogen-bond donors (Lipinski definition) is 0. The molecule has 0 saturated carbocycles. The average Bonchev–Trinajstić information content (AvgIpc) is 3.79. The lowest BCUT2D eigenvalue weighted by Gasteiger charge is -2.43. The fraction of sp³-hybridized carbons (Fsp3) is 0.158. The first-order valence-electron chi connectivity index (χ1n) is 21.1. The van der Waals surface area contributed by atoms with Crippen LogP contribution in [0.3, 0.4) is 0 Å². The second-order valence-corrected chi connectivity index (χ2v) is 17.9. The Balaban J connectivity index is 1.30. The SMILES string of the molecule is CC1(C)CCC(C)(C)c2c(-c3cc4c(cc3N(c3ccccc3)c3ccc5c(c3)oc3ccccc35)C(c3ccccc3)(c3ccccc3)c3ccccc3-4)cccc21. The molecule has 0 unspecified atom stereocenters. The Kier molecular flexibility index (Phi) is 7.94. The van der Waals surface area contributed by atoms with Gasteiger partial charge in [0.2, 0.25) is 0 Å². The number of para-hydroxylation sites is 2. The molecule has 0 saturated heterocycles. The summed E-state index contributed by atoms with van der Waals surface area (Å²) in [5.41, 5.74) is 17.7. The first-order valence-corrected chi connectivity index (χ1v) is 21.1. The average molecular weight is 762 g/mol. The van der Waals surface area contributed by atoms with Gasteiger partial charge in [-0.25, -0.2) is 0 Å². The molecule has 0 fully saturated rings. The van der Waals surface area contributed by atoms with E-state index in [0.29, 0.717) is 0 Å². The summed E-state index contributed by atoms with van der Waals surface area (Å²) in [6.07, 6.45) is 2.29. The van der Waals surface area contributed by atoms with Crippen molar-refractivity contribution in [2.24, 2.45) is 0 Å². The molecule has 0 amide bonds. The molecule has 2 nitrogen and oxygen atoms in total. The van der Waals surface area contributed by atoms with Gasteiger partial charge in [0, 0.05) is 33.8 Å². The molecular formula is C57H47NO. The fourth-order valence-electron chi connectivity index (χ4n) is 10.7. The molecule has 2 heteroatoms. The standard InChI is InChI=1S/C57H47NO/c1-55(2)33-34-56(3,4)54-45(27-18-29-49(54)55)47-36-46-42-25-14-16-28-48(42)57(38-19-8-5-9-20-38,39-21-10-6-11-22-39)50(46)37-51(47)58(40-23-12-7-13-24-40)41-31-32-44-43-26-15-17-30-52(43)59-53(44)35-41/h5-32,35-37H,33-34H2,1-4H3. The van der Waals surface area contributed by atoms with Crippen LogP contribution in [-0.2, 0) is 16.2 Å². The van der Waals surface area contributed by atoms with Gasteiger partial charge < -0.3 is 9.32 Å². The van der Waals surface area contributed by atoms with Crippen molar-refractivity contribution in [1.82, 2.24) is 0 Å². The van der Waals surface area contributed by atoms with Crippen molar-refractivity contribution >= 4 is 39.0 Å². The molecule has 0 atom stereocenters. The van der Waals surface area contributed by atoms with Gasteiger partial charge in [0.1, 0.15) is 11.2 Å². The Morgan fingerprint density at radius 3 is 1.75 bits per heavy atom. The lowest BCUT2D eigenvalue weighted by Crippen LogP contribution is -2.34. The summed E-state index contributed by atoms with van der Waals surface area (Å²) in [5.74, 6) is 0. The maximum Gasteiger partial charge on any atom is 0.137 e. The van der Waals surface area contributed by atoms with Crippen LogP contribution in [0, 0.1) is 0 Å². The first kappa shape index (κ1) is 35.5. The summed E-state index contributed by atoms with van der Waals surface area (Å²) < 4.78 is 6.59. The topological polar surface area (TPSA) is 16.4 Å². The van der Waals surface area contributed by atoms with E-state index in [1.54, 1.807) is 0 Å². The summed E-state index contributed by atoms with van der Waals surface area (Å²) in [5, 5.41) is 2.25. The van der Waals surface area contributed by atoms with Gasteiger partial charge in [0.25, 0.3) is 0 Å². The quantitative estimate of drug-likeness (QED) is 0.168. The molecule has 0 spiro atoms. The van der Waals surface area contributed by atoms with E-state index in [4.69, 9.17) is 4.42 Å². The number of furan rings is 1. The summed E-state index contributed by atoms with van der Waals surface area (Å²) in [7, 11) is 0. The smallest absolute Gasteiger partial charge is 0.137 e. The van der Waals surface area contributed by atoms with E-state index in [9.17, 15) is 0 Å². The zero-order chi connectivity index (χ0) is 39.9. The van der Waals surface area contributed by atoms with Crippen LogP contribution in [0.5, 0.6) is 0 Å². The monoisotopic (exact) mass is 761 g/mol. The second-order valence-electron chi connectivity index (χ2n) is 17.9. The third-order valence-corrected chi connectivity index (χ3v) is 13.6. The van der Waals surface area contributed by atoms with E-state index in [1.807, 2.05) is 6.07 Å². The number of benzene rings is 8. The van der Waals surface area contributed by atoms with Crippen LogP contribution in [0.2, 0.25) is 0 Å². The molecule has 286 valence electrons. The van der Waals surface area contributed by atoms with Gasteiger partial charge in [0.15, 0.2) is 0 Å². The normalized spacial score (nSPS) is 15.7. The molecule has 0 bridgehead atoms. The van der Waals surface area contributed by atoms with Gasteiger partial charge in [-0.15, -0.1) is 0 Å². The minimum absolute atomic E-state index is 0.0156. The summed E-state index contributed by atoms with van der Waals surface area (Å²) in [6, 6.07) is 69.6. The highest BCUT2D eigenvalue weighted by Crippen LogP contribution is 2.60. The number of rotatable bonds is 6. The zero-order valence-corrected chi connectivity index (χ0v) is 34.2. The summed E-state index contributed by atoms with van der Waals surface area (Å²) in [6.45, 7) is 9.76. The van der Waals surface area contributed by atoms with Crippen LogP contribution in [0.15, 0.2) is 192 Å². The molecule has 9 aromatic rings. The molecule has 11 rings (SSSR count). The van der Waals surface area contributed by atoms with E-state index in [1.165, 1.54) is 55.6 Å². The van der Waals surface area contributed by atoms with E-state index in [0.717, 1.165) is 51.8 Å². The number of nitrogens with zero attached hydrogens (tertiary/aromatic N) is 1. The van der Waals surface area contributed by atoms with Crippen molar-refractivity contribution < 1.29 is 4.42 Å². The van der Waals surface area contributed by atoms with E-state index in [2.05, 4.69) is 215 Å². The molecule has 1 aromatic heterocycles. The summed E-state index contributed by atoms with van der Waals surface area (Å²) >= 11 is 0. The largest absolute Gasteiger partial charge is 0.456 e. The van der Waals surface area contributed by atoms with Crippen LogP contribution in [0.1, 0.15) is 73.9 Å². The van der Waals surface area contributed by atoms with Gasteiger partial charge in [-0.2, -0.15) is 0 Å². The molecule has 59 heavy (non-hydrogen) atoms. The maximum absolute atomic E-state index is 6.59. The highest BCUT2D eigenvalue weighted by molar-refractivity contribution is 6.06. The van der Waals surface area contributed by atoms with Crippen LogP contribution < -0.4 is 4.90 Å². The zero-order valence-electron chi connectivity index (χ0n) is 34.2. The third kappa shape index (κ3) is 5.32. The lowest BCUT2D eigenvalue weighted by atomic mass is 9.61. The molecule has 0 radical (unpaired) electrons. The van der Waals surface area contributed by atoms with Gasteiger partial charge >= 0.3 is 0 Å². The van der Waals surface area contributed by atoms with Gasteiger partial charge in [-0.1, -0.05) is 167 Å². The van der Waals surface area contributed by atoms with Gasteiger partial charge in [-0.05, 0) is 116 Å². The van der Waals surface area contributed by atoms with Crippen LogP contribution in [-0.4, -0.2) is 0 Å². The molecule has 2 aliphatic rings. The lowest BCUT2D eigenvalue weighted by molar-refractivity contribution is 0.333. The predicted molar refractivity (Wildman–Crippen MR) is 246 cm³/mol. The first-order chi connectivity index (χ1) is 28.8. The Morgan fingerprint density at radius 2 is 1.00 bits per heavy atom. The van der Waals surface area contributed by atoms with E-state index < -0.39 is 5.41 Å². The Bertz CT molecular complexity index is 3010. The Morgan fingerprint density at radius 1 is 0.407 bits per heavy atom. The molecule has 8 aromatic carbocycles.